The highest BCUT2D eigenvalue weighted by Gasteiger charge is 2.18. The van der Waals surface area contributed by atoms with Crippen LogP contribution in [-0.2, 0) is 6.42 Å². The summed E-state index contributed by atoms with van der Waals surface area (Å²) in [4.78, 5) is 0. The highest BCUT2D eigenvalue weighted by Crippen LogP contribution is 2.31. The number of nitrogens with two attached hydrogens (primary N) is 1. The number of hydrogen-bond donors (Lipinski definition) is 2. The normalized spacial score (nSPS) is 11.5. The Morgan fingerprint density at radius 1 is 1.47 bits per heavy atom. The van der Waals surface area contributed by atoms with Crippen LogP contribution in [0.1, 0.15) is 19.4 Å². The number of methoxy groups -OCH3 is 1. The number of halogens is 1. The Bertz CT molecular complexity index is 358. The Balaban J connectivity index is 3.07. The van der Waals surface area contributed by atoms with Crippen molar-refractivity contribution in [2.75, 3.05) is 7.11 Å². The number of hydrogen-bond acceptors (Lipinski definition) is 3. The van der Waals surface area contributed by atoms with E-state index in [-0.39, 0.29) is 5.75 Å². The minimum atomic E-state index is -0.659. The summed E-state index contributed by atoms with van der Waals surface area (Å²) < 4.78 is 18.4. The molecule has 3 nitrogen and oxygen atoms in total. The number of aromatic hydroxyl groups is 1. The van der Waals surface area contributed by atoms with E-state index in [0.29, 0.717) is 12.0 Å². The molecule has 0 saturated carbocycles. The van der Waals surface area contributed by atoms with Crippen molar-refractivity contribution in [3.05, 3.63) is 23.5 Å². The number of rotatable bonds is 3. The Labute approximate surface area is 88.7 Å². The van der Waals surface area contributed by atoms with Crippen molar-refractivity contribution in [3.63, 3.8) is 0 Å². The van der Waals surface area contributed by atoms with E-state index in [1.165, 1.54) is 13.2 Å². The van der Waals surface area contributed by atoms with Crippen LogP contribution < -0.4 is 10.5 Å². The van der Waals surface area contributed by atoms with Gasteiger partial charge in [-0.05, 0) is 31.9 Å². The summed E-state index contributed by atoms with van der Waals surface area (Å²) in [5.74, 6) is -0.988. The first-order chi connectivity index (χ1) is 6.85. The molecule has 0 unspecified atom stereocenters. The molecule has 0 heterocycles. The van der Waals surface area contributed by atoms with Crippen molar-refractivity contribution in [2.24, 2.45) is 5.73 Å². The summed E-state index contributed by atoms with van der Waals surface area (Å²) >= 11 is 0. The molecule has 0 aliphatic carbocycles. The largest absolute Gasteiger partial charge is 0.502 e. The molecule has 1 aromatic rings. The molecule has 3 N–H and O–H groups in total. The second kappa shape index (κ2) is 4.06. The van der Waals surface area contributed by atoms with Crippen LogP contribution in [0.15, 0.2) is 12.1 Å². The van der Waals surface area contributed by atoms with Gasteiger partial charge in [0.1, 0.15) is 0 Å². The highest BCUT2D eigenvalue weighted by atomic mass is 19.1. The van der Waals surface area contributed by atoms with Gasteiger partial charge in [-0.15, -0.1) is 0 Å². The van der Waals surface area contributed by atoms with Gasteiger partial charge < -0.3 is 15.6 Å². The summed E-state index contributed by atoms with van der Waals surface area (Å²) in [6.07, 6.45) is 0.358. The Morgan fingerprint density at radius 2 is 2.07 bits per heavy atom. The lowest BCUT2D eigenvalue weighted by molar-refractivity contribution is 0.353. The first kappa shape index (κ1) is 11.8. The average Bonchev–Trinajstić information content (AvgIpc) is 2.11. The molecule has 0 aliphatic heterocycles. The molecule has 0 radical (unpaired) electrons. The zero-order chi connectivity index (χ0) is 11.6. The predicted molar refractivity (Wildman–Crippen MR) is 56.6 cm³/mol. The monoisotopic (exact) mass is 213 g/mol. The van der Waals surface area contributed by atoms with Crippen molar-refractivity contribution < 1.29 is 14.2 Å². The molecule has 84 valence electrons. The van der Waals surface area contributed by atoms with Crippen molar-refractivity contribution in [1.29, 1.82) is 0 Å². The van der Waals surface area contributed by atoms with Crippen LogP contribution >= 0.6 is 0 Å². The lowest BCUT2D eigenvalue weighted by Gasteiger charge is -2.19. The Hall–Kier alpha value is -1.29. The fraction of sp³-hybridized carbons (Fsp3) is 0.455. The van der Waals surface area contributed by atoms with Gasteiger partial charge in [-0.3, -0.25) is 0 Å². The van der Waals surface area contributed by atoms with Gasteiger partial charge in [-0.1, -0.05) is 6.07 Å². The van der Waals surface area contributed by atoms with Crippen LogP contribution in [0.4, 0.5) is 4.39 Å². The van der Waals surface area contributed by atoms with Crippen LogP contribution in [-0.4, -0.2) is 17.8 Å². The van der Waals surface area contributed by atoms with E-state index in [0.717, 1.165) is 0 Å². The maximum absolute atomic E-state index is 13.6. The molecule has 0 amide bonds. The van der Waals surface area contributed by atoms with Crippen molar-refractivity contribution in [1.82, 2.24) is 0 Å². The number of ether oxygens (including phenoxy) is 1. The van der Waals surface area contributed by atoms with Crippen LogP contribution in [0.25, 0.3) is 0 Å². The third-order valence-corrected chi connectivity index (χ3v) is 2.03. The predicted octanol–water partition coefficient (Wildman–Crippen LogP) is 1.82. The second-order valence-corrected chi connectivity index (χ2v) is 4.25. The van der Waals surface area contributed by atoms with Gasteiger partial charge in [0.05, 0.1) is 7.11 Å². The van der Waals surface area contributed by atoms with E-state index < -0.39 is 17.1 Å². The Morgan fingerprint density at radius 3 is 2.53 bits per heavy atom. The Kier molecular flexibility index (Phi) is 3.19. The zero-order valence-electron chi connectivity index (χ0n) is 9.17. The maximum atomic E-state index is 13.6. The van der Waals surface area contributed by atoms with Crippen molar-refractivity contribution in [2.45, 2.75) is 25.8 Å². The number of phenolic OH excluding ortho intramolecular Hbond substituents is 1. The summed E-state index contributed by atoms with van der Waals surface area (Å²) in [5.41, 5.74) is 5.66. The topological polar surface area (TPSA) is 55.5 Å². The first-order valence-corrected chi connectivity index (χ1v) is 4.68. The molecule has 0 fully saturated rings. The van der Waals surface area contributed by atoms with Crippen molar-refractivity contribution in [3.8, 4) is 11.5 Å². The summed E-state index contributed by atoms with van der Waals surface area (Å²) in [6, 6.07) is 3.10. The van der Waals surface area contributed by atoms with Gasteiger partial charge >= 0.3 is 0 Å². The third kappa shape index (κ3) is 2.83. The molecular weight excluding hydrogens is 197 g/mol. The molecule has 0 spiro atoms. The molecule has 0 aliphatic rings. The van der Waals surface area contributed by atoms with E-state index >= 15 is 0 Å². The van der Waals surface area contributed by atoms with Gasteiger partial charge in [0.25, 0.3) is 0 Å². The van der Waals surface area contributed by atoms with E-state index in [9.17, 15) is 9.50 Å². The number of phenols is 1. The smallest absolute Gasteiger partial charge is 0.194 e. The van der Waals surface area contributed by atoms with Crippen molar-refractivity contribution >= 4 is 0 Å². The first-order valence-electron chi connectivity index (χ1n) is 4.68. The molecule has 0 aromatic heterocycles. The lowest BCUT2D eigenvalue weighted by atomic mass is 9.95. The summed E-state index contributed by atoms with van der Waals surface area (Å²) in [5, 5.41) is 9.43. The maximum Gasteiger partial charge on any atom is 0.194 e. The number of benzene rings is 1. The summed E-state index contributed by atoms with van der Waals surface area (Å²) in [6.45, 7) is 3.60. The highest BCUT2D eigenvalue weighted by molar-refractivity contribution is 5.43. The van der Waals surface area contributed by atoms with Crippen LogP contribution in [0.2, 0.25) is 0 Å². The van der Waals surface area contributed by atoms with Gasteiger partial charge in [-0.2, -0.15) is 0 Å². The van der Waals surface area contributed by atoms with E-state index in [1.807, 2.05) is 0 Å². The molecule has 15 heavy (non-hydrogen) atoms. The molecule has 0 bridgehead atoms. The van der Waals surface area contributed by atoms with Gasteiger partial charge in [-0.25, -0.2) is 4.39 Å². The molecule has 0 atom stereocenters. The van der Waals surface area contributed by atoms with Crippen LogP contribution in [0.3, 0.4) is 0 Å². The van der Waals surface area contributed by atoms with Crippen LogP contribution in [0.5, 0.6) is 11.5 Å². The molecule has 1 aromatic carbocycles. The van der Waals surface area contributed by atoms with Crippen LogP contribution in [0, 0.1) is 5.82 Å². The second-order valence-electron chi connectivity index (χ2n) is 4.25. The quantitative estimate of drug-likeness (QED) is 0.805. The van der Waals surface area contributed by atoms with Gasteiger partial charge in [0.2, 0.25) is 0 Å². The van der Waals surface area contributed by atoms with Gasteiger partial charge in [0, 0.05) is 5.54 Å². The van der Waals surface area contributed by atoms with E-state index in [4.69, 9.17) is 10.5 Å². The van der Waals surface area contributed by atoms with Gasteiger partial charge in [0.15, 0.2) is 17.3 Å². The average molecular weight is 213 g/mol. The van der Waals surface area contributed by atoms with E-state index in [1.54, 1.807) is 19.9 Å². The standard InChI is InChI=1S/C11H16FNO2/c1-11(2,13)6-7-4-5-8(15-3)10(14)9(7)12/h4-5,14H,6,13H2,1-3H3. The summed E-state index contributed by atoms with van der Waals surface area (Å²) in [7, 11) is 1.38. The van der Waals surface area contributed by atoms with E-state index in [2.05, 4.69) is 0 Å². The SMILES string of the molecule is COc1ccc(CC(C)(C)N)c(F)c1O. The molecule has 4 heteroatoms. The minimum Gasteiger partial charge on any atom is -0.502 e. The molecule has 0 saturated heterocycles. The molecular formula is C11H16FNO2. The third-order valence-electron chi connectivity index (χ3n) is 2.03. The lowest BCUT2D eigenvalue weighted by Crippen LogP contribution is -2.34. The fourth-order valence-corrected chi connectivity index (χ4v) is 1.38. The molecule has 1 rings (SSSR count). The zero-order valence-corrected chi connectivity index (χ0v) is 9.17. The minimum absolute atomic E-state index is 0.131. The fourth-order valence-electron chi connectivity index (χ4n) is 1.38.